The first-order chi connectivity index (χ1) is 12.8. The number of rotatable bonds is 6. The van der Waals surface area contributed by atoms with E-state index in [9.17, 15) is 18.7 Å². The topological polar surface area (TPSA) is 80.5 Å². The fraction of sp³-hybridized carbons (Fsp3) is 0.500. The molecule has 1 N–H and O–H groups in total. The van der Waals surface area contributed by atoms with E-state index in [0.717, 1.165) is 0 Å². The number of halogens is 2. The van der Waals surface area contributed by atoms with Crippen LogP contribution in [-0.2, 0) is 17.9 Å². The highest BCUT2D eigenvalue weighted by atomic mass is 19.3. The van der Waals surface area contributed by atoms with Crippen molar-refractivity contribution in [2.75, 3.05) is 24.6 Å². The highest BCUT2D eigenvalue weighted by Gasteiger charge is 2.45. The molecule has 27 heavy (non-hydrogen) atoms. The summed E-state index contributed by atoms with van der Waals surface area (Å²) >= 11 is 0. The quantitative estimate of drug-likeness (QED) is 0.773. The number of nitrogens with zero attached hydrogens (tertiary/aromatic N) is 4. The van der Waals surface area contributed by atoms with Crippen molar-refractivity contribution in [3.05, 3.63) is 41.3 Å². The van der Waals surface area contributed by atoms with Gasteiger partial charge in [0, 0.05) is 18.7 Å². The standard InChI is InChI=1S/C18H22F2N4O3/c1-3-27-17(26)14-6-21-24(9-14)8-13-4-5-16(22-15(13)10-25)23-7-12(2)18(19,20)11-23/h4-6,9,12,25H,3,7-8,10-11H2,1-2H3. The summed E-state index contributed by atoms with van der Waals surface area (Å²) in [4.78, 5) is 17.6. The molecular formula is C18H22F2N4O3. The van der Waals surface area contributed by atoms with Gasteiger partial charge >= 0.3 is 5.97 Å². The van der Waals surface area contributed by atoms with Crippen molar-refractivity contribution in [1.29, 1.82) is 0 Å². The van der Waals surface area contributed by atoms with Gasteiger partial charge in [0.05, 0.1) is 43.8 Å². The fourth-order valence-corrected chi connectivity index (χ4v) is 3.03. The van der Waals surface area contributed by atoms with E-state index in [4.69, 9.17) is 4.74 Å². The van der Waals surface area contributed by atoms with Crippen molar-refractivity contribution < 1.29 is 23.4 Å². The Balaban J connectivity index is 1.76. The third-order valence-corrected chi connectivity index (χ3v) is 4.62. The highest BCUT2D eigenvalue weighted by Crippen LogP contribution is 2.35. The van der Waals surface area contributed by atoms with E-state index >= 15 is 0 Å². The van der Waals surface area contributed by atoms with Gasteiger partial charge < -0.3 is 14.7 Å². The summed E-state index contributed by atoms with van der Waals surface area (Å²) in [5.74, 6) is -3.54. The van der Waals surface area contributed by atoms with E-state index < -0.39 is 17.8 Å². The number of hydrogen-bond donors (Lipinski definition) is 1. The number of pyridine rings is 1. The van der Waals surface area contributed by atoms with Crippen LogP contribution in [0.3, 0.4) is 0 Å². The molecule has 1 aliphatic heterocycles. The molecule has 2 aromatic rings. The molecular weight excluding hydrogens is 358 g/mol. The molecule has 2 aromatic heterocycles. The molecule has 1 aliphatic rings. The molecule has 3 heterocycles. The molecule has 7 nitrogen and oxygen atoms in total. The van der Waals surface area contributed by atoms with Crippen molar-refractivity contribution in [1.82, 2.24) is 14.8 Å². The highest BCUT2D eigenvalue weighted by molar-refractivity contribution is 5.88. The van der Waals surface area contributed by atoms with Crippen LogP contribution < -0.4 is 4.90 Å². The SMILES string of the molecule is CCOC(=O)c1cnn(Cc2ccc(N3CC(C)C(F)(F)C3)nc2CO)c1. The zero-order valence-electron chi connectivity index (χ0n) is 15.2. The van der Waals surface area contributed by atoms with Crippen molar-refractivity contribution >= 4 is 11.8 Å². The predicted molar refractivity (Wildman–Crippen MR) is 93.8 cm³/mol. The zero-order valence-corrected chi connectivity index (χ0v) is 15.2. The van der Waals surface area contributed by atoms with Gasteiger partial charge in [0.25, 0.3) is 5.92 Å². The Bertz CT molecular complexity index is 825. The Hall–Kier alpha value is -2.55. The van der Waals surface area contributed by atoms with Crippen LogP contribution in [0.4, 0.5) is 14.6 Å². The smallest absolute Gasteiger partial charge is 0.341 e. The lowest BCUT2D eigenvalue weighted by atomic mass is 10.1. The van der Waals surface area contributed by atoms with E-state index in [2.05, 4.69) is 10.1 Å². The zero-order chi connectivity index (χ0) is 19.6. The first-order valence-corrected chi connectivity index (χ1v) is 8.76. The molecule has 9 heteroatoms. The molecule has 1 fully saturated rings. The Morgan fingerprint density at radius 1 is 1.44 bits per heavy atom. The van der Waals surface area contributed by atoms with E-state index in [1.807, 2.05) is 0 Å². The molecule has 3 rings (SSSR count). The number of ether oxygens (including phenoxy) is 1. The summed E-state index contributed by atoms with van der Waals surface area (Å²) < 4.78 is 34.0. The van der Waals surface area contributed by atoms with Gasteiger partial charge in [-0.1, -0.05) is 13.0 Å². The van der Waals surface area contributed by atoms with Crippen LogP contribution in [0.15, 0.2) is 24.5 Å². The van der Waals surface area contributed by atoms with Crippen LogP contribution in [0.5, 0.6) is 0 Å². The van der Waals surface area contributed by atoms with Gasteiger partial charge in [0.2, 0.25) is 0 Å². The Kier molecular flexibility index (Phi) is 5.41. The van der Waals surface area contributed by atoms with Crippen molar-refractivity contribution in [2.24, 2.45) is 5.92 Å². The van der Waals surface area contributed by atoms with Crippen LogP contribution in [-0.4, -0.2) is 51.5 Å². The molecule has 0 aromatic carbocycles. The largest absolute Gasteiger partial charge is 0.462 e. The van der Waals surface area contributed by atoms with Gasteiger partial charge in [-0.3, -0.25) is 4.68 Å². The van der Waals surface area contributed by atoms with Gasteiger partial charge in [0.15, 0.2) is 0 Å². The first-order valence-electron chi connectivity index (χ1n) is 8.76. The van der Waals surface area contributed by atoms with Crippen LogP contribution >= 0.6 is 0 Å². The number of alkyl halides is 2. The monoisotopic (exact) mass is 380 g/mol. The number of carbonyl (C=O) groups excluding carboxylic acids is 1. The second-order valence-electron chi connectivity index (χ2n) is 6.62. The van der Waals surface area contributed by atoms with Gasteiger partial charge in [-0.15, -0.1) is 0 Å². The second-order valence-corrected chi connectivity index (χ2v) is 6.62. The van der Waals surface area contributed by atoms with Crippen molar-refractivity contribution in [2.45, 2.75) is 32.9 Å². The number of hydrogen-bond acceptors (Lipinski definition) is 6. The van der Waals surface area contributed by atoms with Crippen molar-refractivity contribution in [3.63, 3.8) is 0 Å². The molecule has 0 radical (unpaired) electrons. The molecule has 0 saturated carbocycles. The maximum Gasteiger partial charge on any atom is 0.341 e. The number of aliphatic hydroxyl groups excluding tert-OH is 1. The summed E-state index contributed by atoms with van der Waals surface area (Å²) in [5, 5.41) is 13.8. The average Bonchev–Trinajstić information content (AvgIpc) is 3.20. The summed E-state index contributed by atoms with van der Waals surface area (Å²) in [5.41, 5.74) is 1.42. The minimum atomic E-state index is -2.75. The number of esters is 1. The number of aromatic nitrogens is 3. The van der Waals surface area contributed by atoms with Gasteiger partial charge in [-0.2, -0.15) is 5.10 Å². The normalized spacial score (nSPS) is 18.7. The van der Waals surface area contributed by atoms with Crippen LogP contribution in [0.25, 0.3) is 0 Å². The maximum atomic E-state index is 13.8. The molecule has 0 amide bonds. The van der Waals surface area contributed by atoms with Gasteiger partial charge in [0.1, 0.15) is 5.82 Å². The van der Waals surface area contributed by atoms with E-state index in [0.29, 0.717) is 22.6 Å². The minimum absolute atomic E-state index is 0.215. The molecule has 1 unspecified atom stereocenters. The Labute approximate surface area is 155 Å². The number of carbonyl (C=O) groups is 1. The molecule has 0 aliphatic carbocycles. The van der Waals surface area contributed by atoms with E-state index in [1.54, 1.807) is 25.3 Å². The fourth-order valence-electron chi connectivity index (χ4n) is 3.03. The number of anilines is 1. The first kappa shape index (κ1) is 19.2. The summed E-state index contributed by atoms with van der Waals surface area (Å²) in [6, 6.07) is 3.40. The average molecular weight is 380 g/mol. The van der Waals surface area contributed by atoms with Crippen LogP contribution in [0.2, 0.25) is 0 Å². The van der Waals surface area contributed by atoms with Crippen molar-refractivity contribution in [3.8, 4) is 0 Å². The maximum absolute atomic E-state index is 13.8. The molecule has 0 bridgehead atoms. The predicted octanol–water partition coefficient (Wildman–Crippen LogP) is 2.09. The van der Waals surface area contributed by atoms with Crippen LogP contribution in [0.1, 0.15) is 35.5 Å². The van der Waals surface area contributed by atoms with E-state index in [1.165, 1.54) is 22.7 Å². The molecule has 1 atom stereocenters. The lowest BCUT2D eigenvalue weighted by Gasteiger charge is -2.19. The molecule has 146 valence electrons. The molecule has 1 saturated heterocycles. The van der Waals surface area contributed by atoms with Gasteiger partial charge in [-0.25, -0.2) is 18.6 Å². The van der Waals surface area contributed by atoms with Gasteiger partial charge in [-0.05, 0) is 18.6 Å². The van der Waals surface area contributed by atoms with E-state index in [-0.39, 0.29) is 32.8 Å². The Morgan fingerprint density at radius 2 is 2.22 bits per heavy atom. The Morgan fingerprint density at radius 3 is 2.85 bits per heavy atom. The third kappa shape index (κ3) is 4.08. The lowest BCUT2D eigenvalue weighted by Crippen LogP contribution is -2.27. The molecule has 0 spiro atoms. The van der Waals surface area contributed by atoms with Crippen LogP contribution in [0, 0.1) is 5.92 Å². The second kappa shape index (κ2) is 7.59. The lowest BCUT2D eigenvalue weighted by molar-refractivity contribution is -0.0138. The third-order valence-electron chi connectivity index (χ3n) is 4.62. The number of aliphatic hydroxyl groups is 1. The summed E-state index contributed by atoms with van der Waals surface area (Å²) in [6.45, 7) is 3.31. The summed E-state index contributed by atoms with van der Waals surface area (Å²) in [7, 11) is 0. The minimum Gasteiger partial charge on any atom is -0.462 e. The summed E-state index contributed by atoms with van der Waals surface area (Å²) in [6.07, 6.45) is 2.96.